The van der Waals surface area contributed by atoms with Crippen molar-refractivity contribution in [1.82, 2.24) is 15.6 Å². The minimum Gasteiger partial charge on any atom is -0.396 e. The smallest absolute Gasteiger partial charge is 0.396 e. The van der Waals surface area contributed by atoms with Gasteiger partial charge in [-0.05, 0) is 25.3 Å². The first kappa shape index (κ1) is 21.6. The van der Waals surface area contributed by atoms with Crippen LogP contribution >= 0.6 is 11.6 Å². The molecule has 0 saturated carbocycles. The second kappa shape index (κ2) is 9.45. The number of alkyl halides is 3. The Bertz CT molecular complexity index is 656. The average Bonchev–Trinajstić information content (AvgIpc) is 3.06. The van der Waals surface area contributed by atoms with Gasteiger partial charge in [0.15, 0.2) is 5.96 Å². The van der Waals surface area contributed by atoms with Gasteiger partial charge in [0, 0.05) is 45.0 Å². The number of halogens is 4. The topological polar surface area (TPSA) is 72.8 Å². The van der Waals surface area contributed by atoms with E-state index in [4.69, 9.17) is 16.7 Å². The zero-order valence-corrected chi connectivity index (χ0v) is 16.1. The molecule has 6 nitrogen and oxygen atoms in total. The molecule has 152 valence electrons. The molecular weight excluding hydrogens is 383 g/mol. The summed E-state index contributed by atoms with van der Waals surface area (Å²) in [6, 6.07) is 0.972. The van der Waals surface area contributed by atoms with Crippen LogP contribution in [0.3, 0.4) is 0 Å². The van der Waals surface area contributed by atoms with E-state index in [-0.39, 0.29) is 23.6 Å². The van der Waals surface area contributed by atoms with Gasteiger partial charge in [-0.2, -0.15) is 13.2 Å². The Balaban J connectivity index is 2.01. The number of anilines is 1. The lowest BCUT2D eigenvalue weighted by Gasteiger charge is -2.21. The van der Waals surface area contributed by atoms with E-state index in [0.717, 1.165) is 18.7 Å². The molecule has 0 bridgehead atoms. The maximum absolute atomic E-state index is 12.8. The number of aromatic nitrogens is 1. The van der Waals surface area contributed by atoms with Gasteiger partial charge >= 0.3 is 6.18 Å². The number of nitrogens with one attached hydrogen (secondary N) is 2. The lowest BCUT2D eigenvalue weighted by molar-refractivity contribution is -0.137. The first-order valence-corrected chi connectivity index (χ1v) is 9.25. The summed E-state index contributed by atoms with van der Waals surface area (Å²) in [4.78, 5) is 10.2. The van der Waals surface area contributed by atoms with E-state index in [1.165, 1.54) is 0 Å². The second-order valence-electron chi connectivity index (χ2n) is 6.61. The summed E-state index contributed by atoms with van der Waals surface area (Å²) in [5, 5.41) is 15.6. The van der Waals surface area contributed by atoms with Crippen molar-refractivity contribution in [2.24, 2.45) is 10.9 Å². The molecule has 2 heterocycles. The van der Waals surface area contributed by atoms with Gasteiger partial charge in [0.25, 0.3) is 0 Å². The number of aliphatic hydroxyl groups is 1. The predicted molar refractivity (Wildman–Crippen MR) is 100 cm³/mol. The van der Waals surface area contributed by atoms with Crippen LogP contribution in [0.5, 0.6) is 0 Å². The van der Waals surface area contributed by atoms with Crippen LogP contribution in [0.25, 0.3) is 0 Å². The summed E-state index contributed by atoms with van der Waals surface area (Å²) in [5.74, 6) is 1.07. The fraction of sp³-hybridized carbons (Fsp3) is 0.647. The Kier molecular flexibility index (Phi) is 7.55. The number of hydrogen-bond acceptors (Lipinski definition) is 4. The third-order valence-corrected chi connectivity index (χ3v) is 4.47. The van der Waals surface area contributed by atoms with Gasteiger partial charge in [0.1, 0.15) is 5.82 Å². The standard InChI is InChI=1S/C17H25ClF3N5O/c1-3-22-16(24-7-11(2)10-27)25-13-4-5-26(9-13)15-14(18)6-12(8-23-15)17(19,20)21/h6,8,11,13,27H,3-5,7,9-10H2,1-2H3,(H2,22,24,25). The van der Waals surface area contributed by atoms with E-state index in [1.54, 1.807) is 0 Å². The lowest BCUT2D eigenvalue weighted by atomic mass is 10.2. The average molecular weight is 408 g/mol. The molecule has 2 rings (SSSR count). The second-order valence-corrected chi connectivity index (χ2v) is 7.02. The van der Waals surface area contributed by atoms with Crippen molar-refractivity contribution in [2.45, 2.75) is 32.5 Å². The largest absolute Gasteiger partial charge is 0.417 e. The Hall–Kier alpha value is -1.74. The van der Waals surface area contributed by atoms with Gasteiger partial charge < -0.3 is 20.6 Å². The first-order chi connectivity index (χ1) is 12.7. The number of rotatable bonds is 6. The predicted octanol–water partition coefficient (Wildman–Crippen LogP) is 2.52. The Morgan fingerprint density at radius 1 is 1.52 bits per heavy atom. The summed E-state index contributed by atoms with van der Waals surface area (Å²) >= 11 is 6.03. The monoisotopic (exact) mass is 407 g/mol. The van der Waals surface area contributed by atoms with Crippen LogP contribution in [-0.2, 0) is 6.18 Å². The summed E-state index contributed by atoms with van der Waals surface area (Å²) in [5.41, 5.74) is -0.857. The molecule has 1 fully saturated rings. The maximum atomic E-state index is 12.8. The van der Waals surface area contributed by atoms with E-state index in [9.17, 15) is 13.2 Å². The van der Waals surface area contributed by atoms with Crippen LogP contribution in [0, 0.1) is 5.92 Å². The van der Waals surface area contributed by atoms with E-state index >= 15 is 0 Å². The first-order valence-electron chi connectivity index (χ1n) is 8.88. The molecule has 0 spiro atoms. The van der Waals surface area contributed by atoms with E-state index in [0.29, 0.717) is 38.0 Å². The SMILES string of the molecule is CCNC(=NCC(C)CO)NC1CCN(c2ncc(C(F)(F)F)cc2Cl)C1. The highest BCUT2D eigenvalue weighted by atomic mass is 35.5. The molecule has 1 aromatic heterocycles. The number of aliphatic hydroxyl groups excluding tert-OH is 1. The molecule has 0 aliphatic carbocycles. The minimum absolute atomic E-state index is 0.0113. The molecule has 1 aromatic rings. The van der Waals surface area contributed by atoms with Gasteiger partial charge in [-0.1, -0.05) is 18.5 Å². The molecule has 1 aliphatic heterocycles. The van der Waals surface area contributed by atoms with Gasteiger partial charge in [-0.15, -0.1) is 0 Å². The highest BCUT2D eigenvalue weighted by Crippen LogP contribution is 2.34. The van der Waals surface area contributed by atoms with Crippen molar-refractivity contribution in [3.05, 3.63) is 22.8 Å². The lowest BCUT2D eigenvalue weighted by Crippen LogP contribution is -2.45. The minimum atomic E-state index is -4.47. The quantitative estimate of drug-likeness (QED) is 0.499. The summed E-state index contributed by atoms with van der Waals surface area (Å²) in [6.07, 6.45) is -2.88. The molecule has 3 N–H and O–H groups in total. The van der Waals surface area contributed by atoms with Crippen LogP contribution in [0.2, 0.25) is 5.02 Å². The van der Waals surface area contributed by atoms with Gasteiger partial charge in [-0.3, -0.25) is 4.99 Å². The highest BCUT2D eigenvalue weighted by Gasteiger charge is 2.33. The summed E-state index contributed by atoms with van der Waals surface area (Å²) < 4.78 is 38.3. The van der Waals surface area contributed by atoms with Crippen molar-refractivity contribution >= 4 is 23.4 Å². The zero-order chi connectivity index (χ0) is 20.0. The van der Waals surface area contributed by atoms with Crippen LogP contribution < -0.4 is 15.5 Å². The van der Waals surface area contributed by atoms with E-state index in [1.807, 2.05) is 18.7 Å². The van der Waals surface area contributed by atoms with Crippen LogP contribution in [0.15, 0.2) is 17.3 Å². The number of aliphatic imine (C=N–C) groups is 1. The highest BCUT2D eigenvalue weighted by molar-refractivity contribution is 6.33. The Labute approximate surface area is 161 Å². The molecule has 1 aliphatic rings. The normalized spacial score (nSPS) is 19.3. The molecular formula is C17H25ClF3N5O. The zero-order valence-electron chi connectivity index (χ0n) is 15.4. The van der Waals surface area contributed by atoms with E-state index < -0.39 is 11.7 Å². The number of pyridine rings is 1. The molecule has 1 saturated heterocycles. The van der Waals surface area contributed by atoms with E-state index in [2.05, 4.69) is 20.6 Å². The third-order valence-electron chi connectivity index (χ3n) is 4.19. The maximum Gasteiger partial charge on any atom is 0.417 e. The molecule has 0 amide bonds. The molecule has 2 unspecified atom stereocenters. The Morgan fingerprint density at radius 2 is 2.26 bits per heavy atom. The molecule has 0 radical (unpaired) electrons. The van der Waals surface area contributed by atoms with Gasteiger partial charge in [0.2, 0.25) is 0 Å². The van der Waals surface area contributed by atoms with Crippen molar-refractivity contribution in [3.63, 3.8) is 0 Å². The van der Waals surface area contributed by atoms with Gasteiger partial charge in [0.05, 0.1) is 10.6 Å². The van der Waals surface area contributed by atoms with Crippen LogP contribution in [0.4, 0.5) is 19.0 Å². The fourth-order valence-electron chi connectivity index (χ4n) is 2.71. The number of hydrogen-bond donors (Lipinski definition) is 3. The van der Waals surface area contributed by atoms with Gasteiger partial charge in [-0.25, -0.2) is 4.98 Å². The molecule has 0 aromatic carbocycles. The summed E-state index contributed by atoms with van der Waals surface area (Å²) in [7, 11) is 0. The van der Waals surface area contributed by atoms with Crippen LogP contribution in [-0.4, -0.2) is 54.9 Å². The van der Waals surface area contributed by atoms with Crippen LogP contribution in [0.1, 0.15) is 25.8 Å². The molecule has 10 heteroatoms. The van der Waals surface area contributed by atoms with Crippen molar-refractivity contribution < 1.29 is 18.3 Å². The molecule has 27 heavy (non-hydrogen) atoms. The number of nitrogens with zero attached hydrogens (tertiary/aromatic N) is 3. The Morgan fingerprint density at radius 3 is 2.85 bits per heavy atom. The fourth-order valence-corrected chi connectivity index (χ4v) is 2.99. The third kappa shape index (κ3) is 6.14. The summed E-state index contributed by atoms with van der Waals surface area (Å²) in [6.45, 7) is 6.30. The number of guanidine groups is 1. The van der Waals surface area contributed by atoms with Crippen molar-refractivity contribution in [1.29, 1.82) is 0 Å². The van der Waals surface area contributed by atoms with Crippen molar-refractivity contribution in [2.75, 3.05) is 37.7 Å². The van der Waals surface area contributed by atoms with Crippen molar-refractivity contribution in [3.8, 4) is 0 Å². The molecule has 2 atom stereocenters.